The van der Waals surface area contributed by atoms with E-state index >= 15 is 0 Å². The molecule has 190 valence electrons. The molecule has 7 nitrogen and oxygen atoms in total. The number of hydrogen-bond acceptors (Lipinski definition) is 8. The molecular weight excluding hydrogens is 478 g/mol. The molecule has 1 saturated heterocycles. The number of ether oxygens (including phenoxy) is 4. The van der Waals surface area contributed by atoms with Gasteiger partial charge in [0, 0.05) is 46.4 Å². The second-order valence-electron chi connectivity index (χ2n) is 9.35. The van der Waals surface area contributed by atoms with Gasteiger partial charge in [-0.05, 0) is 43.7 Å². The van der Waals surface area contributed by atoms with Gasteiger partial charge in [-0.25, -0.2) is 4.79 Å². The van der Waals surface area contributed by atoms with Crippen LogP contribution in [0.5, 0.6) is 11.5 Å². The number of methoxy groups -OCH3 is 2. The number of hydrogen-bond donors (Lipinski definition) is 1. The van der Waals surface area contributed by atoms with Gasteiger partial charge in [0.25, 0.3) is 0 Å². The lowest BCUT2D eigenvalue weighted by Crippen LogP contribution is -2.36. The molecule has 2 aliphatic heterocycles. The van der Waals surface area contributed by atoms with Crippen molar-refractivity contribution in [1.82, 2.24) is 5.32 Å². The van der Waals surface area contributed by atoms with Crippen LogP contribution in [0.15, 0.2) is 58.3 Å². The highest BCUT2D eigenvalue weighted by Gasteiger charge is 2.43. The molecule has 1 aliphatic carbocycles. The molecule has 2 aromatic rings. The van der Waals surface area contributed by atoms with Gasteiger partial charge in [-0.1, -0.05) is 18.2 Å². The second-order valence-corrected chi connectivity index (χ2v) is 10.3. The molecule has 0 unspecified atom stereocenters. The quantitative estimate of drug-likeness (QED) is 0.534. The standard InChI is InChI=1S/C28H31NO6S/c1-16-24(28(31)35-15-18-7-5-11-34-18)25(19-8-4-9-22(32-2)27(19)33-3)26-20(29-16)13-17(14-21(26)30)23-10-6-12-36-23/h4,6,8-10,12,17-18,25,29H,5,7,11,13-15H2,1-3H3/t17-,18-,25-/m1/s1. The number of benzene rings is 1. The minimum atomic E-state index is -0.625. The van der Waals surface area contributed by atoms with E-state index in [1.165, 1.54) is 4.88 Å². The lowest BCUT2D eigenvalue weighted by molar-refractivity contribution is -0.142. The predicted molar refractivity (Wildman–Crippen MR) is 136 cm³/mol. The molecule has 1 N–H and O–H groups in total. The SMILES string of the molecule is COc1cccc([C@@H]2C(C(=O)OC[C@H]3CCCO3)=C(C)NC3=C2C(=O)C[C@H](c2cccs2)C3)c1OC. The third-order valence-electron chi connectivity index (χ3n) is 7.16. The molecule has 0 amide bonds. The Hall–Kier alpha value is -3.10. The highest BCUT2D eigenvalue weighted by atomic mass is 32.1. The first-order chi connectivity index (χ1) is 17.5. The van der Waals surface area contributed by atoms with E-state index in [-0.39, 0.29) is 24.4 Å². The molecule has 1 aromatic carbocycles. The Balaban J connectivity index is 1.57. The Labute approximate surface area is 215 Å². The third-order valence-corrected chi connectivity index (χ3v) is 8.20. The third kappa shape index (κ3) is 4.55. The molecule has 0 spiro atoms. The number of para-hydroxylation sites is 1. The van der Waals surface area contributed by atoms with Crippen molar-refractivity contribution in [2.45, 2.75) is 50.5 Å². The molecule has 3 aliphatic rings. The van der Waals surface area contributed by atoms with Crippen molar-refractivity contribution in [2.24, 2.45) is 0 Å². The van der Waals surface area contributed by atoms with E-state index in [4.69, 9.17) is 18.9 Å². The minimum Gasteiger partial charge on any atom is -0.493 e. The maximum Gasteiger partial charge on any atom is 0.336 e. The lowest BCUT2D eigenvalue weighted by Gasteiger charge is -2.37. The number of Topliss-reactive ketones (excluding diaryl/α,β-unsaturated/α-hetero) is 1. The summed E-state index contributed by atoms with van der Waals surface area (Å²) < 4.78 is 22.7. The summed E-state index contributed by atoms with van der Waals surface area (Å²) in [6.45, 7) is 2.74. The maximum atomic E-state index is 13.8. The highest BCUT2D eigenvalue weighted by Crippen LogP contribution is 2.49. The summed E-state index contributed by atoms with van der Waals surface area (Å²) in [7, 11) is 3.14. The molecule has 5 rings (SSSR count). The summed E-state index contributed by atoms with van der Waals surface area (Å²) in [5, 5.41) is 5.44. The summed E-state index contributed by atoms with van der Waals surface area (Å²) in [6.07, 6.45) is 2.83. The topological polar surface area (TPSA) is 83.1 Å². The first-order valence-electron chi connectivity index (χ1n) is 12.3. The minimum absolute atomic E-state index is 0.0222. The van der Waals surface area contributed by atoms with Gasteiger partial charge in [0.05, 0.1) is 31.8 Å². The smallest absolute Gasteiger partial charge is 0.336 e. The summed E-state index contributed by atoms with van der Waals surface area (Å²) in [5.41, 5.74) is 3.26. The lowest BCUT2D eigenvalue weighted by atomic mass is 9.72. The molecule has 0 radical (unpaired) electrons. The fraction of sp³-hybridized carbons (Fsp3) is 0.429. The van der Waals surface area contributed by atoms with Crippen LogP contribution in [0, 0.1) is 0 Å². The van der Waals surface area contributed by atoms with Crippen LogP contribution in [0.2, 0.25) is 0 Å². The summed E-state index contributed by atoms with van der Waals surface area (Å²) >= 11 is 1.67. The van der Waals surface area contributed by atoms with Gasteiger partial charge in [-0.2, -0.15) is 0 Å². The zero-order valence-electron chi connectivity index (χ0n) is 20.8. The monoisotopic (exact) mass is 509 g/mol. The Morgan fingerprint density at radius 2 is 2.03 bits per heavy atom. The van der Waals surface area contributed by atoms with E-state index in [0.29, 0.717) is 53.4 Å². The van der Waals surface area contributed by atoms with Crippen LogP contribution in [0.4, 0.5) is 0 Å². The number of allylic oxidation sites excluding steroid dienone is 3. The van der Waals surface area contributed by atoms with Crippen LogP contribution < -0.4 is 14.8 Å². The zero-order valence-corrected chi connectivity index (χ0v) is 21.6. The Bertz CT molecular complexity index is 1210. The van der Waals surface area contributed by atoms with Crippen LogP contribution in [0.3, 0.4) is 0 Å². The average molecular weight is 510 g/mol. The first kappa shape index (κ1) is 24.6. The zero-order chi connectivity index (χ0) is 25.2. The van der Waals surface area contributed by atoms with E-state index in [9.17, 15) is 9.59 Å². The van der Waals surface area contributed by atoms with Crippen molar-refractivity contribution in [3.8, 4) is 11.5 Å². The number of carbonyl (C=O) groups excluding carboxylic acids is 2. The molecule has 3 heterocycles. The number of ketones is 1. The molecule has 0 bridgehead atoms. The Kier molecular flexibility index (Phi) is 7.16. The predicted octanol–water partition coefficient (Wildman–Crippen LogP) is 4.85. The van der Waals surface area contributed by atoms with E-state index in [1.807, 2.05) is 30.5 Å². The van der Waals surface area contributed by atoms with Gasteiger partial charge >= 0.3 is 5.97 Å². The average Bonchev–Trinajstić information content (AvgIpc) is 3.60. The molecule has 36 heavy (non-hydrogen) atoms. The number of thiophene rings is 1. The second kappa shape index (κ2) is 10.5. The van der Waals surface area contributed by atoms with Crippen molar-refractivity contribution < 1.29 is 28.5 Å². The van der Waals surface area contributed by atoms with Crippen molar-refractivity contribution in [1.29, 1.82) is 0 Å². The van der Waals surface area contributed by atoms with Crippen LogP contribution in [-0.2, 0) is 19.1 Å². The van der Waals surface area contributed by atoms with Crippen molar-refractivity contribution in [3.05, 3.63) is 68.7 Å². The van der Waals surface area contributed by atoms with Gasteiger partial charge in [-0.15, -0.1) is 11.3 Å². The van der Waals surface area contributed by atoms with E-state index < -0.39 is 11.9 Å². The van der Waals surface area contributed by atoms with Crippen LogP contribution in [0.1, 0.15) is 54.9 Å². The van der Waals surface area contributed by atoms with Crippen molar-refractivity contribution in [2.75, 3.05) is 27.4 Å². The first-order valence-corrected chi connectivity index (χ1v) is 13.2. The Morgan fingerprint density at radius 3 is 2.72 bits per heavy atom. The molecular formula is C28H31NO6S. The van der Waals surface area contributed by atoms with E-state index in [1.54, 1.807) is 31.6 Å². The molecule has 1 aromatic heterocycles. The summed E-state index contributed by atoms with van der Waals surface area (Å²) in [5.74, 6) is 0.0980. The van der Waals surface area contributed by atoms with Crippen LogP contribution in [0.25, 0.3) is 0 Å². The van der Waals surface area contributed by atoms with Crippen LogP contribution >= 0.6 is 11.3 Å². The number of carbonyl (C=O) groups is 2. The Morgan fingerprint density at radius 1 is 1.17 bits per heavy atom. The summed E-state index contributed by atoms with van der Waals surface area (Å²) in [4.78, 5) is 28.5. The fourth-order valence-corrected chi connectivity index (χ4v) is 6.34. The van der Waals surface area contributed by atoms with Crippen molar-refractivity contribution in [3.63, 3.8) is 0 Å². The van der Waals surface area contributed by atoms with Gasteiger partial charge in [-0.3, -0.25) is 4.79 Å². The molecule has 1 fully saturated rings. The number of rotatable bonds is 7. The van der Waals surface area contributed by atoms with Gasteiger partial charge < -0.3 is 24.3 Å². The molecule has 3 atom stereocenters. The number of dihydropyridines is 1. The van der Waals surface area contributed by atoms with E-state index in [2.05, 4.69) is 11.4 Å². The maximum absolute atomic E-state index is 13.8. The summed E-state index contributed by atoms with van der Waals surface area (Å²) in [6, 6.07) is 9.64. The van der Waals surface area contributed by atoms with Gasteiger partial charge in [0.15, 0.2) is 17.3 Å². The van der Waals surface area contributed by atoms with E-state index in [0.717, 1.165) is 18.5 Å². The van der Waals surface area contributed by atoms with Gasteiger partial charge in [0.1, 0.15) is 6.61 Å². The normalized spacial score (nSPS) is 23.9. The van der Waals surface area contributed by atoms with Crippen molar-refractivity contribution >= 4 is 23.1 Å². The largest absolute Gasteiger partial charge is 0.493 e. The number of esters is 1. The number of nitrogens with one attached hydrogen (secondary N) is 1. The highest BCUT2D eigenvalue weighted by molar-refractivity contribution is 7.10. The van der Waals surface area contributed by atoms with Crippen LogP contribution in [-0.4, -0.2) is 45.3 Å². The molecule has 8 heteroatoms. The fourth-order valence-electron chi connectivity index (χ4n) is 5.51. The van der Waals surface area contributed by atoms with Gasteiger partial charge in [0.2, 0.25) is 0 Å². The molecule has 0 saturated carbocycles.